The largest absolute Gasteiger partial charge is 0.495 e. The highest BCUT2D eigenvalue weighted by Gasteiger charge is 2.23. The predicted molar refractivity (Wildman–Crippen MR) is 134 cm³/mol. The summed E-state index contributed by atoms with van der Waals surface area (Å²) in [6.45, 7) is 3.23. The van der Waals surface area contributed by atoms with Gasteiger partial charge >= 0.3 is 0 Å². The Hall–Kier alpha value is -3.06. The number of carbonyl (C=O) groups excluding carboxylic acids is 1. The molecule has 0 aliphatic rings. The van der Waals surface area contributed by atoms with Crippen molar-refractivity contribution in [1.29, 1.82) is 0 Å². The second-order valence-electron chi connectivity index (χ2n) is 7.75. The molecular formula is C22H28ClFN6O4S. The first-order chi connectivity index (χ1) is 16.1. The van der Waals surface area contributed by atoms with Gasteiger partial charge in [-0.3, -0.25) is 4.79 Å². The first-order valence-electron chi connectivity index (χ1n) is 10.5. The van der Waals surface area contributed by atoms with E-state index in [9.17, 15) is 17.6 Å². The zero-order valence-corrected chi connectivity index (χ0v) is 21.3. The minimum Gasteiger partial charge on any atom is -0.495 e. The zero-order chi connectivity index (χ0) is 25.0. The number of methoxy groups -OCH3 is 1. The molecule has 0 atom stereocenters. The Morgan fingerprint density at radius 3 is 2.60 bits per heavy atom. The zero-order valence-electron chi connectivity index (χ0n) is 19.7. The quantitative estimate of drug-likeness (QED) is 0.388. The van der Waals surface area contributed by atoms with Gasteiger partial charge in [0.15, 0.2) is 0 Å². The SMILES string of the molecule is CNC(=O)c1cc(-c2ccc(OC)c(S(=O)(=O)NC(C)C)c2)c2nnn(C/C(F)=C/CN)c2c1.Cl. The number of carbonyl (C=O) groups is 1. The fourth-order valence-corrected chi connectivity index (χ4v) is 4.89. The summed E-state index contributed by atoms with van der Waals surface area (Å²) in [5, 5.41) is 10.8. The van der Waals surface area contributed by atoms with Gasteiger partial charge in [0.05, 0.1) is 19.2 Å². The molecule has 1 aromatic heterocycles. The fraction of sp³-hybridized carbons (Fsp3) is 0.318. The van der Waals surface area contributed by atoms with Crippen LogP contribution in [0.1, 0.15) is 24.2 Å². The predicted octanol–water partition coefficient (Wildman–Crippen LogP) is 2.39. The third-order valence-corrected chi connectivity index (χ3v) is 6.58. The number of sulfonamides is 1. The Labute approximate surface area is 209 Å². The number of nitrogens with two attached hydrogens (primary N) is 1. The van der Waals surface area contributed by atoms with Crippen molar-refractivity contribution in [2.24, 2.45) is 5.73 Å². The van der Waals surface area contributed by atoms with Gasteiger partial charge in [-0.05, 0) is 49.8 Å². The van der Waals surface area contributed by atoms with Crippen molar-refractivity contribution in [2.45, 2.75) is 31.3 Å². The number of fused-ring (bicyclic) bond motifs is 1. The molecule has 10 nitrogen and oxygen atoms in total. The molecule has 0 radical (unpaired) electrons. The van der Waals surface area contributed by atoms with Crippen molar-refractivity contribution < 1.29 is 22.3 Å². The molecule has 13 heteroatoms. The number of ether oxygens (including phenoxy) is 1. The summed E-state index contributed by atoms with van der Waals surface area (Å²) in [5.74, 6) is -0.719. The normalized spacial score (nSPS) is 12.0. The van der Waals surface area contributed by atoms with Gasteiger partial charge in [0.25, 0.3) is 5.91 Å². The van der Waals surface area contributed by atoms with Crippen LogP contribution in [0.25, 0.3) is 22.2 Å². The minimum absolute atomic E-state index is 0. The van der Waals surface area contributed by atoms with Crippen molar-refractivity contribution in [3.05, 3.63) is 47.8 Å². The molecule has 190 valence electrons. The van der Waals surface area contributed by atoms with E-state index in [4.69, 9.17) is 10.5 Å². The van der Waals surface area contributed by atoms with Crippen LogP contribution in [0, 0.1) is 0 Å². The number of benzene rings is 2. The number of aromatic nitrogens is 3. The topological polar surface area (TPSA) is 141 Å². The Balaban J connectivity index is 0.00000432. The number of halogens is 2. The monoisotopic (exact) mass is 526 g/mol. The van der Waals surface area contributed by atoms with Gasteiger partial charge in [-0.2, -0.15) is 0 Å². The van der Waals surface area contributed by atoms with Crippen LogP contribution in [-0.4, -0.2) is 56.1 Å². The number of hydrogen-bond donors (Lipinski definition) is 3. The van der Waals surface area contributed by atoms with Crippen molar-refractivity contribution in [3.63, 3.8) is 0 Å². The summed E-state index contributed by atoms with van der Waals surface area (Å²) in [6, 6.07) is 7.42. The van der Waals surface area contributed by atoms with Crippen molar-refractivity contribution in [2.75, 3.05) is 20.7 Å². The number of nitrogens with one attached hydrogen (secondary N) is 2. The van der Waals surface area contributed by atoms with E-state index in [0.29, 0.717) is 22.2 Å². The van der Waals surface area contributed by atoms with E-state index in [0.717, 1.165) is 0 Å². The third-order valence-electron chi connectivity index (χ3n) is 4.90. The Bertz CT molecular complexity index is 1360. The molecule has 1 heterocycles. The first-order valence-corrected chi connectivity index (χ1v) is 11.9. The molecule has 0 fully saturated rings. The Kier molecular flexibility index (Phi) is 9.32. The number of nitrogens with zero attached hydrogens (tertiary/aromatic N) is 3. The van der Waals surface area contributed by atoms with Gasteiger partial charge in [-0.15, -0.1) is 17.5 Å². The van der Waals surface area contributed by atoms with E-state index in [2.05, 4.69) is 20.4 Å². The van der Waals surface area contributed by atoms with Crippen molar-refractivity contribution >= 4 is 39.4 Å². The van der Waals surface area contributed by atoms with Gasteiger partial charge in [-0.1, -0.05) is 11.3 Å². The average Bonchev–Trinajstić information content (AvgIpc) is 3.19. The van der Waals surface area contributed by atoms with Gasteiger partial charge in [0, 0.05) is 30.8 Å². The number of amides is 1. The standard InChI is InChI=1S/C22H27FN6O4S.ClH/c1-13(2)27-34(31,32)20-11-14(5-6-19(20)33-4)17-9-15(22(30)25-3)10-18-21(17)26-28-29(18)12-16(23)7-8-24;/h5-7,9-11,13,27H,8,12,24H2,1-4H3,(H,25,30);1H/b16-7-;. The van der Waals surface area contributed by atoms with Crippen LogP contribution in [0.4, 0.5) is 4.39 Å². The van der Waals surface area contributed by atoms with E-state index in [1.807, 2.05) is 0 Å². The smallest absolute Gasteiger partial charge is 0.251 e. The molecule has 35 heavy (non-hydrogen) atoms. The average molecular weight is 527 g/mol. The van der Waals surface area contributed by atoms with Crippen LogP contribution in [0.15, 0.2) is 47.1 Å². The minimum atomic E-state index is -3.90. The van der Waals surface area contributed by atoms with Crippen LogP contribution in [0.2, 0.25) is 0 Å². The van der Waals surface area contributed by atoms with Crippen LogP contribution in [-0.2, 0) is 16.6 Å². The molecule has 0 bridgehead atoms. The van der Waals surface area contributed by atoms with Gasteiger partial charge in [0.1, 0.15) is 22.0 Å². The van der Waals surface area contributed by atoms with E-state index in [1.54, 1.807) is 32.0 Å². The lowest BCUT2D eigenvalue weighted by atomic mass is 10.0. The summed E-state index contributed by atoms with van der Waals surface area (Å²) < 4.78 is 49.1. The van der Waals surface area contributed by atoms with Gasteiger partial charge in [-0.25, -0.2) is 22.2 Å². The molecule has 0 aliphatic heterocycles. The van der Waals surface area contributed by atoms with E-state index < -0.39 is 15.9 Å². The summed E-state index contributed by atoms with van der Waals surface area (Å²) >= 11 is 0. The van der Waals surface area contributed by atoms with E-state index in [1.165, 1.54) is 37.0 Å². The lowest BCUT2D eigenvalue weighted by Gasteiger charge is -2.15. The molecule has 1 amide bonds. The summed E-state index contributed by atoms with van der Waals surface area (Å²) in [4.78, 5) is 12.4. The molecule has 3 rings (SSSR count). The summed E-state index contributed by atoms with van der Waals surface area (Å²) in [6.07, 6.45) is 1.22. The number of hydrogen-bond acceptors (Lipinski definition) is 7. The van der Waals surface area contributed by atoms with Gasteiger partial charge in [0.2, 0.25) is 10.0 Å². The summed E-state index contributed by atoms with van der Waals surface area (Å²) in [7, 11) is -1.03. The Morgan fingerprint density at radius 2 is 2.00 bits per heavy atom. The molecule has 2 aromatic carbocycles. The molecular weight excluding hydrogens is 499 g/mol. The highest BCUT2D eigenvalue weighted by atomic mass is 35.5. The lowest BCUT2D eigenvalue weighted by Crippen LogP contribution is -2.30. The van der Waals surface area contributed by atoms with Gasteiger partial charge < -0.3 is 15.8 Å². The van der Waals surface area contributed by atoms with E-state index >= 15 is 0 Å². The second-order valence-corrected chi connectivity index (χ2v) is 9.43. The number of allylic oxidation sites excluding steroid dienone is 1. The lowest BCUT2D eigenvalue weighted by molar-refractivity contribution is 0.0963. The van der Waals surface area contributed by atoms with Crippen molar-refractivity contribution in [1.82, 2.24) is 25.0 Å². The highest BCUT2D eigenvalue weighted by Crippen LogP contribution is 2.34. The second kappa shape index (κ2) is 11.6. The molecule has 3 aromatic rings. The molecule has 4 N–H and O–H groups in total. The van der Waals surface area contributed by atoms with Crippen molar-refractivity contribution in [3.8, 4) is 16.9 Å². The molecule has 0 unspecified atom stereocenters. The first kappa shape index (κ1) is 28.2. The van der Waals surface area contributed by atoms with Crippen LogP contribution in [0.3, 0.4) is 0 Å². The number of rotatable bonds is 9. The Morgan fingerprint density at radius 1 is 1.29 bits per heavy atom. The third kappa shape index (κ3) is 6.14. The van der Waals surface area contributed by atoms with E-state index in [-0.39, 0.29) is 53.7 Å². The van der Waals surface area contributed by atoms with Crippen LogP contribution < -0.4 is 20.5 Å². The molecule has 0 saturated heterocycles. The molecule has 0 aliphatic carbocycles. The molecule has 0 spiro atoms. The van der Waals surface area contributed by atoms with Crippen LogP contribution >= 0.6 is 12.4 Å². The van der Waals surface area contributed by atoms with Crippen LogP contribution in [0.5, 0.6) is 5.75 Å². The molecule has 0 saturated carbocycles. The maximum Gasteiger partial charge on any atom is 0.251 e. The fourth-order valence-electron chi connectivity index (χ4n) is 3.44. The maximum atomic E-state index is 14.1. The maximum absolute atomic E-state index is 14.1. The summed E-state index contributed by atoms with van der Waals surface area (Å²) in [5.41, 5.74) is 7.34. The highest BCUT2D eigenvalue weighted by molar-refractivity contribution is 7.89.